The largest absolute Gasteiger partial charge is 0.394 e. The Kier molecular flexibility index (Phi) is 10.0. The van der Waals surface area contributed by atoms with Gasteiger partial charge >= 0.3 is 0 Å². The standard InChI is InChI=1S/C30H36Cl2N4O6S2/c1-29(2,3)25(33-26(38)23-14-18-8-6-7-9-22(18)43-23)28(40)36-13-12-35(17-30(36,4)5)27(39)21(16-37)34-44(41,42)24-11-10-19(31)15-20(24)32/h6-11,14-15,21,25,34,37H,12-13,16-17H2,1-5H3,(H,33,38)/t21-,25?/m1/s1. The van der Waals surface area contributed by atoms with Gasteiger partial charge in [-0.2, -0.15) is 4.72 Å². The van der Waals surface area contributed by atoms with Gasteiger partial charge in [-0.1, -0.05) is 62.2 Å². The van der Waals surface area contributed by atoms with Crippen LogP contribution < -0.4 is 10.0 Å². The van der Waals surface area contributed by atoms with E-state index >= 15 is 0 Å². The number of rotatable bonds is 8. The van der Waals surface area contributed by atoms with Crippen LogP contribution in [-0.2, 0) is 19.6 Å². The van der Waals surface area contributed by atoms with Crippen molar-refractivity contribution in [2.24, 2.45) is 5.41 Å². The molecule has 238 valence electrons. The number of aliphatic hydroxyl groups excluding tert-OH is 1. The third-order valence-corrected chi connectivity index (χ3v) is 10.8. The summed E-state index contributed by atoms with van der Waals surface area (Å²) in [5.41, 5.74) is -1.51. The Labute approximate surface area is 271 Å². The Morgan fingerprint density at radius 3 is 2.32 bits per heavy atom. The summed E-state index contributed by atoms with van der Waals surface area (Å²) in [5, 5.41) is 14.0. The summed E-state index contributed by atoms with van der Waals surface area (Å²) < 4.78 is 29.2. The van der Waals surface area contributed by atoms with Crippen molar-refractivity contribution < 1.29 is 27.9 Å². The SMILES string of the molecule is CC(C)(C)C(NC(=O)c1cc2ccccc2s1)C(=O)N1CCN(C(=O)[C@@H](CO)NS(=O)(=O)c2ccc(Cl)cc2Cl)CC1(C)C. The van der Waals surface area contributed by atoms with Crippen LogP contribution in [0, 0.1) is 5.41 Å². The molecule has 0 spiro atoms. The summed E-state index contributed by atoms with van der Waals surface area (Å²) in [4.78, 5) is 44.0. The van der Waals surface area contributed by atoms with E-state index in [2.05, 4.69) is 10.0 Å². The molecule has 0 aliphatic carbocycles. The van der Waals surface area contributed by atoms with Crippen LogP contribution >= 0.6 is 34.5 Å². The fraction of sp³-hybridized carbons (Fsp3) is 0.433. The van der Waals surface area contributed by atoms with Gasteiger partial charge in [0, 0.05) is 29.4 Å². The molecule has 1 aromatic heterocycles. The fourth-order valence-corrected chi connectivity index (χ4v) is 8.10. The Balaban J connectivity index is 1.48. The van der Waals surface area contributed by atoms with Gasteiger partial charge in [0.1, 0.15) is 17.0 Å². The first-order valence-electron chi connectivity index (χ1n) is 13.9. The maximum Gasteiger partial charge on any atom is 0.262 e. The fourth-order valence-electron chi connectivity index (χ4n) is 5.18. The van der Waals surface area contributed by atoms with Gasteiger partial charge in [0.15, 0.2) is 0 Å². The highest BCUT2D eigenvalue weighted by Crippen LogP contribution is 2.30. The summed E-state index contributed by atoms with van der Waals surface area (Å²) in [5.74, 6) is -1.28. The summed E-state index contributed by atoms with van der Waals surface area (Å²) in [6, 6.07) is 11.0. The van der Waals surface area contributed by atoms with Gasteiger partial charge in [-0.3, -0.25) is 14.4 Å². The van der Waals surface area contributed by atoms with Crippen LogP contribution in [0.15, 0.2) is 53.4 Å². The maximum absolute atomic E-state index is 14.0. The van der Waals surface area contributed by atoms with E-state index in [1.807, 2.05) is 45.0 Å². The number of aliphatic hydroxyl groups is 1. The van der Waals surface area contributed by atoms with Crippen molar-refractivity contribution in [2.45, 2.75) is 57.1 Å². The zero-order valence-corrected chi connectivity index (χ0v) is 28.2. The molecule has 2 aromatic carbocycles. The minimum Gasteiger partial charge on any atom is -0.394 e. The number of carbonyl (C=O) groups is 3. The Hall–Kier alpha value is -2.74. The number of halogens is 2. The molecule has 3 amide bonds. The van der Waals surface area contributed by atoms with E-state index in [1.165, 1.54) is 34.4 Å². The quantitative estimate of drug-likeness (QED) is 0.327. The Bertz CT molecular complexity index is 1650. The molecule has 1 aliphatic rings. The van der Waals surface area contributed by atoms with Crippen molar-refractivity contribution in [1.29, 1.82) is 0 Å². The number of carbonyl (C=O) groups excluding carboxylic acids is 3. The molecule has 10 nitrogen and oxygen atoms in total. The van der Waals surface area contributed by atoms with Crippen molar-refractivity contribution in [3.8, 4) is 0 Å². The summed E-state index contributed by atoms with van der Waals surface area (Å²) >= 11 is 13.3. The number of piperazine rings is 1. The number of thiophene rings is 1. The number of benzene rings is 2. The molecule has 3 N–H and O–H groups in total. The number of hydrogen-bond acceptors (Lipinski definition) is 7. The first-order valence-corrected chi connectivity index (χ1v) is 17.0. The molecule has 1 saturated heterocycles. The summed E-state index contributed by atoms with van der Waals surface area (Å²) in [6.45, 7) is 8.71. The first kappa shape index (κ1) is 34.1. The zero-order chi connectivity index (χ0) is 32.6. The average Bonchev–Trinajstić information content (AvgIpc) is 3.37. The Morgan fingerprint density at radius 1 is 1.05 bits per heavy atom. The molecule has 3 aromatic rings. The van der Waals surface area contributed by atoms with E-state index in [-0.39, 0.29) is 46.4 Å². The van der Waals surface area contributed by atoms with Crippen LogP contribution in [0.1, 0.15) is 44.3 Å². The number of nitrogens with one attached hydrogen (secondary N) is 2. The smallest absolute Gasteiger partial charge is 0.262 e. The lowest BCUT2D eigenvalue weighted by Crippen LogP contribution is -2.67. The third kappa shape index (κ3) is 7.38. The molecule has 0 saturated carbocycles. The molecule has 1 unspecified atom stereocenters. The summed E-state index contributed by atoms with van der Waals surface area (Å²) in [6.07, 6.45) is 0. The summed E-state index contributed by atoms with van der Waals surface area (Å²) in [7, 11) is -4.28. The van der Waals surface area contributed by atoms with Crippen LogP contribution in [-0.4, -0.2) is 84.9 Å². The molecule has 4 rings (SSSR count). The second-order valence-electron chi connectivity index (χ2n) is 12.4. The second kappa shape index (κ2) is 12.9. The highest BCUT2D eigenvalue weighted by Gasteiger charge is 2.45. The van der Waals surface area contributed by atoms with Crippen LogP contribution in [0.3, 0.4) is 0 Å². The van der Waals surface area contributed by atoms with Gasteiger partial charge in [0.25, 0.3) is 5.91 Å². The number of nitrogens with zero attached hydrogens (tertiary/aromatic N) is 2. The van der Waals surface area contributed by atoms with Crippen LogP contribution in [0.25, 0.3) is 10.1 Å². The van der Waals surface area contributed by atoms with Crippen LogP contribution in [0.4, 0.5) is 0 Å². The van der Waals surface area contributed by atoms with Crippen molar-refractivity contribution in [3.63, 3.8) is 0 Å². The molecular formula is C30H36Cl2N4O6S2. The van der Waals surface area contributed by atoms with Crippen molar-refractivity contribution >= 4 is 72.4 Å². The van der Waals surface area contributed by atoms with Crippen LogP contribution in [0.2, 0.25) is 10.0 Å². The predicted octanol–water partition coefficient (Wildman–Crippen LogP) is 4.14. The molecule has 44 heavy (non-hydrogen) atoms. The number of fused-ring (bicyclic) bond motifs is 1. The molecule has 2 heterocycles. The maximum atomic E-state index is 14.0. The van der Waals surface area contributed by atoms with Gasteiger partial charge < -0.3 is 20.2 Å². The molecule has 0 radical (unpaired) electrons. The lowest BCUT2D eigenvalue weighted by Gasteiger charge is -2.49. The van der Waals surface area contributed by atoms with Crippen molar-refractivity contribution in [1.82, 2.24) is 19.8 Å². The molecule has 1 fully saturated rings. The van der Waals surface area contributed by atoms with E-state index in [4.69, 9.17) is 23.2 Å². The van der Waals surface area contributed by atoms with E-state index < -0.39 is 45.6 Å². The van der Waals surface area contributed by atoms with Crippen LogP contribution in [0.5, 0.6) is 0 Å². The van der Waals surface area contributed by atoms with Gasteiger partial charge in [0.2, 0.25) is 21.8 Å². The molecule has 1 aliphatic heterocycles. The molecule has 0 bridgehead atoms. The molecular weight excluding hydrogens is 647 g/mol. The predicted molar refractivity (Wildman–Crippen MR) is 173 cm³/mol. The van der Waals surface area contributed by atoms with E-state index in [0.29, 0.717) is 4.88 Å². The zero-order valence-electron chi connectivity index (χ0n) is 25.1. The number of amides is 3. The van der Waals surface area contributed by atoms with Gasteiger partial charge in [0.05, 0.1) is 22.0 Å². The number of hydrogen-bond donors (Lipinski definition) is 3. The Morgan fingerprint density at radius 2 is 1.73 bits per heavy atom. The van der Waals surface area contributed by atoms with E-state index in [0.717, 1.165) is 10.1 Å². The first-order chi connectivity index (χ1) is 20.4. The topological polar surface area (TPSA) is 136 Å². The monoisotopic (exact) mass is 682 g/mol. The second-order valence-corrected chi connectivity index (χ2v) is 16.0. The molecule has 2 atom stereocenters. The molecule has 14 heteroatoms. The van der Waals surface area contributed by atoms with E-state index in [1.54, 1.807) is 24.8 Å². The normalized spacial score (nSPS) is 16.9. The average molecular weight is 684 g/mol. The van der Waals surface area contributed by atoms with Gasteiger partial charge in [-0.05, 0) is 55.0 Å². The minimum absolute atomic E-state index is 0.0681. The highest BCUT2D eigenvalue weighted by atomic mass is 35.5. The van der Waals surface area contributed by atoms with Gasteiger partial charge in [-0.15, -0.1) is 11.3 Å². The van der Waals surface area contributed by atoms with E-state index in [9.17, 15) is 27.9 Å². The van der Waals surface area contributed by atoms with Gasteiger partial charge in [-0.25, -0.2) is 8.42 Å². The van der Waals surface area contributed by atoms with Crippen molar-refractivity contribution in [2.75, 3.05) is 26.2 Å². The lowest BCUT2D eigenvalue weighted by molar-refractivity contribution is -0.151. The minimum atomic E-state index is -4.28. The van der Waals surface area contributed by atoms with Crippen molar-refractivity contribution in [3.05, 3.63) is 63.5 Å². The number of sulfonamides is 1. The highest BCUT2D eigenvalue weighted by molar-refractivity contribution is 7.89. The third-order valence-electron chi connectivity index (χ3n) is 7.48. The lowest BCUT2D eigenvalue weighted by atomic mass is 9.84.